The molecule has 0 spiro atoms. The smallest absolute Gasteiger partial charge is 0.105 e. The minimum atomic E-state index is -0.779. The van der Waals surface area contributed by atoms with Crippen LogP contribution in [0.3, 0.4) is 0 Å². The zero-order chi connectivity index (χ0) is 13.0. The number of rotatable bonds is 7. The molecule has 0 amide bonds. The Kier molecular flexibility index (Phi) is 4.62. The summed E-state index contributed by atoms with van der Waals surface area (Å²) in [5.74, 6) is 0.355. The molecule has 0 saturated heterocycles. The lowest BCUT2D eigenvalue weighted by atomic mass is 9.88. The molecule has 1 saturated carbocycles. The fourth-order valence-corrected chi connectivity index (χ4v) is 2.36. The van der Waals surface area contributed by atoms with Gasteiger partial charge in [0.15, 0.2) is 0 Å². The third-order valence-electron chi connectivity index (χ3n) is 3.47. The minimum Gasteiger partial charge on any atom is -0.384 e. The van der Waals surface area contributed by atoms with E-state index in [2.05, 4.69) is 5.32 Å². The maximum atomic E-state index is 10.9. The predicted octanol–water partition coefficient (Wildman–Crippen LogP) is 2.17. The lowest BCUT2D eigenvalue weighted by Crippen LogP contribution is -2.41. The normalized spacial score (nSPS) is 18.6. The molecule has 100 valence electrons. The van der Waals surface area contributed by atoms with Gasteiger partial charge in [-0.05, 0) is 36.5 Å². The molecule has 2 N–H and O–H groups in total. The van der Waals surface area contributed by atoms with Gasteiger partial charge in [-0.2, -0.15) is 0 Å². The van der Waals surface area contributed by atoms with Crippen molar-refractivity contribution >= 4 is 11.6 Å². The zero-order valence-corrected chi connectivity index (χ0v) is 11.4. The zero-order valence-electron chi connectivity index (χ0n) is 10.7. The van der Waals surface area contributed by atoms with Crippen LogP contribution in [0.4, 0.5) is 0 Å². The maximum absolute atomic E-state index is 10.9. The number of benzene rings is 1. The first-order valence-electron chi connectivity index (χ1n) is 6.35. The van der Waals surface area contributed by atoms with E-state index >= 15 is 0 Å². The summed E-state index contributed by atoms with van der Waals surface area (Å²) in [5, 5.41) is 14.8. The Morgan fingerprint density at radius 2 is 2.06 bits per heavy atom. The van der Waals surface area contributed by atoms with Crippen LogP contribution in [0.1, 0.15) is 18.4 Å². The van der Waals surface area contributed by atoms with Crippen molar-refractivity contribution in [2.45, 2.75) is 18.4 Å². The quantitative estimate of drug-likeness (QED) is 0.746. The van der Waals surface area contributed by atoms with Gasteiger partial charge in [0.2, 0.25) is 0 Å². The van der Waals surface area contributed by atoms with Crippen LogP contribution >= 0.6 is 11.6 Å². The van der Waals surface area contributed by atoms with Gasteiger partial charge in [0, 0.05) is 25.2 Å². The summed E-state index contributed by atoms with van der Waals surface area (Å²) in [7, 11) is 1.67. The molecule has 2 rings (SSSR count). The molecule has 0 aliphatic heterocycles. The molecule has 1 aliphatic rings. The summed E-state index contributed by atoms with van der Waals surface area (Å²) in [6, 6.07) is 7.50. The van der Waals surface area contributed by atoms with Gasteiger partial charge in [-0.3, -0.25) is 0 Å². The lowest BCUT2D eigenvalue weighted by molar-refractivity contribution is 0.0123. The fraction of sp³-hybridized carbons (Fsp3) is 0.571. The number of hydrogen-bond donors (Lipinski definition) is 2. The Morgan fingerprint density at radius 1 is 1.39 bits per heavy atom. The van der Waals surface area contributed by atoms with E-state index in [-0.39, 0.29) is 0 Å². The van der Waals surface area contributed by atoms with Crippen molar-refractivity contribution in [2.24, 2.45) is 5.92 Å². The van der Waals surface area contributed by atoms with Crippen molar-refractivity contribution < 1.29 is 9.84 Å². The highest BCUT2D eigenvalue weighted by Gasteiger charge is 2.44. The first kappa shape index (κ1) is 13.8. The van der Waals surface area contributed by atoms with E-state index in [1.54, 1.807) is 7.11 Å². The third kappa shape index (κ3) is 3.23. The highest BCUT2D eigenvalue weighted by molar-refractivity contribution is 6.30. The summed E-state index contributed by atoms with van der Waals surface area (Å²) in [5.41, 5.74) is 0.164. The molecule has 1 unspecified atom stereocenters. The van der Waals surface area contributed by atoms with Crippen LogP contribution in [-0.2, 0) is 10.3 Å². The molecule has 3 nitrogen and oxygen atoms in total. The fourth-order valence-electron chi connectivity index (χ4n) is 2.23. The van der Waals surface area contributed by atoms with Crippen molar-refractivity contribution in [3.8, 4) is 0 Å². The number of aliphatic hydroxyl groups is 1. The molecule has 1 aliphatic carbocycles. The Balaban J connectivity index is 2.03. The van der Waals surface area contributed by atoms with Crippen LogP contribution in [0.2, 0.25) is 5.02 Å². The molecule has 1 atom stereocenters. The SMILES string of the molecule is COCCNCC(O)(c1ccc(Cl)cc1)C1CC1. The van der Waals surface area contributed by atoms with Gasteiger partial charge in [0.05, 0.1) is 6.61 Å². The number of methoxy groups -OCH3 is 1. The van der Waals surface area contributed by atoms with Gasteiger partial charge >= 0.3 is 0 Å². The van der Waals surface area contributed by atoms with Crippen molar-refractivity contribution in [3.05, 3.63) is 34.9 Å². The first-order chi connectivity index (χ1) is 8.66. The van der Waals surface area contributed by atoms with E-state index in [0.29, 0.717) is 24.1 Å². The second-order valence-electron chi connectivity index (χ2n) is 4.87. The number of halogens is 1. The van der Waals surface area contributed by atoms with Gasteiger partial charge in [-0.1, -0.05) is 23.7 Å². The molecule has 4 heteroatoms. The van der Waals surface area contributed by atoms with Crippen molar-refractivity contribution in [3.63, 3.8) is 0 Å². The number of ether oxygens (including phenoxy) is 1. The first-order valence-corrected chi connectivity index (χ1v) is 6.72. The van der Waals surface area contributed by atoms with Crippen molar-refractivity contribution in [1.29, 1.82) is 0 Å². The Hall–Kier alpha value is -0.610. The predicted molar refractivity (Wildman–Crippen MR) is 72.8 cm³/mol. The van der Waals surface area contributed by atoms with Gasteiger partial charge < -0.3 is 15.2 Å². The maximum Gasteiger partial charge on any atom is 0.105 e. The second kappa shape index (κ2) is 6.02. The Bertz CT molecular complexity index is 378. The molecular formula is C14H20ClNO2. The number of nitrogens with one attached hydrogen (secondary N) is 1. The van der Waals surface area contributed by atoms with Crippen LogP contribution in [0, 0.1) is 5.92 Å². The molecular weight excluding hydrogens is 250 g/mol. The van der Waals surface area contributed by atoms with Crippen LogP contribution in [0.15, 0.2) is 24.3 Å². The molecule has 18 heavy (non-hydrogen) atoms. The molecule has 1 fully saturated rings. The lowest BCUT2D eigenvalue weighted by Gasteiger charge is -2.29. The summed E-state index contributed by atoms with van der Waals surface area (Å²) in [6.45, 7) is 1.96. The second-order valence-corrected chi connectivity index (χ2v) is 5.31. The van der Waals surface area contributed by atoms with Crippen LogP contribution in [-0.4, -0.2) is 31.9 Å². The molecule has 1 aromatic carbocycles. The van der Waals surface area contributed by atoms with E-state index in [9.17, 15) is 5.11 Å². The van der Waals surface area contributed by atoms with E-state index in [4.69, 9.17) is 16.3 Å². The Labute approximate surface area is 113 Å². The highest BCUT2D eigenvalue weighted by atomic mass is 35.5. The van der Waals surface area contributed by atoms with Crippen LogP contribution < -0.4 is 5.32 Å². The molecule has 0 aromatic heterocycles. The molecule has 0 radical (unpaired) electrons. The molecule has 0 bridgehead atoms. The van der Waals surface area contributed by atoms with Gasteiger partial charge in [0.1, 0.15) is 5.60 Å². The molecule has 0 heterocycles. The number of hydrogen-bond acceptors (Lipinski definition) is 3. The highest BCUT2D eigenvalue weighted by Crippen LogP contribution is 2.45. The van der Waals surface area contributed by atoms with Gasteiger partial charge in [-0.25, -0.2) is 0 Å². The van der Waals surface area contributed by atoms with Crippen molar-refractivity contribution in [2.75, 3.05) is 26.8 Å². The van der Waals surface area contributed by atoms with E-state index in [1.807, 2.05) is 24.3 Å². The largest absolute Gasteiger partial charge is 0.384 e. The summed E-state index contributed by atoms with van der Waals surface area (Å²) < 4.78 is 4.99. The monoisotopic (exact) mass is 269 g/mol. The van der Waals surface area contributed by atoms with Gasteiger partial charge in [0.25, 0.3) is 0 Å². The van der Waals surface area contributed by atoms with E-state index in [0.717, 1.165) is 24.9 Å². The van der Waals surface area contributed by atoms with E-state index < -0.39 is 5.60 Å². The van der Waals surface area contributed by atoms with Crippen LogP contribution in [0.25, 0.3) is 0 Å². The van der Waals surface area contributed by atoms with Gasteiger partial charge in [-0.15, -0.1) is 0 Å². The average Bonchev–Trinajstić information content (AvgIpc) is 3.20. The third-order valence-corrected chi connectivity index (χ3v) is 3.73. The van der Waals surface area contributed by atoms with Crippen LogP contribution in [0.5, 0.6) is 0 Å². The minimum absolute atomic E-state index is 0.355. The van der Waals surface area contributed by atoms with E-state index in [1.165, 1.54) is 0 Å². The topological polar surface area (TPSA) is 41.5 Å². The standard InChI is InChI=1S/C14H20ClNO2/c1-18-9-8-16-10-14(17,11-2-3-11)12-4-6-13(15)7-5-12/h4-7,11,16-17H,2-3,8-10H2,1H3. The molecule has 1 aromatic rings. The summed E-state index contributed by atoms with van der Waals surface area (Å²) >= 11 is 5.89. The average molecular weight is 270 g/mol. The van der Waals surface area contributed by atoms with Crippen molar-refractivity contribution in [1.82, 2.24) is 5.32 Å². The summed E-state index contributed by atoms with van der Waals surface area (Å²) in [6.07, 6.45) is 2.18. The summed E-state index contributed by atoms with van der Waals surface area (Å²) in [4.78, 5) is 0. The Morgan fingerprint density at radius 3 is 2.61 bits per heavy atom.